The average molecular weight is 331 g/mol. The molecule has 0 fully saturated rings. The molecule has 0 aromatic heterocycles. The van der Waals surface area contributed by atoms with Gasteiger partial charge < -0.3 is 20.5 Å². The largest absolute Gasteiger partial charge is 0.490 e. The number of hydrogen-bond acceptors (Lipinski definition) is 4. The molecule has 1 rings (SSSR count). The normalized spacial score (nSPS) is 10.9. The second kappa shape index (κ2) is 6.65. The molecule has 0 saturated carbocycles. The van der Waals surface area contributed by atoms with Crippen LogP contribution >= 0.6 is 15.9 Å². The molecule has 0 heterocycles. The van der Waals surface area contributed by atoms with Crippen molar-refractivity contribution in [2.24, 2.45) is 0 Å². The Kier molecular flexibility index (Phi) is 5.47. The zero-order valence-corrected chi connectivity index (χ0v) is 12.9. The fourth-order valence-corrected chi connectivity index (χ4v) is 1.66. The Bertz CT molecular complexity index is 444. The van der Waals surface area contributed by atoms with Gasteiger partial charge >= 0.3 is 6.09 Å². The highest BCUT2D eigenvalue weighted by atomic mass is 79.9. The highest BCUT2D eigenvalue weighted by Crippen LogP contribution is 2.24. The Morgan fingerprint density at radius 1 is 1.42 bits per heavy atom. The molecular formula is C13H19BrN2O3. The van der Waals surface area contributed by atoms with Gasteiger partial charge in [-0.3, -0.25) is 0 Å². The number of carbonyl (C=O) groups excluding carboxylic acids is 1. The second-order valence-electron chi connectivity index (χ2n) is 4.96. The van der Waals surface area contributed by atoms with Crippen LogP contribution < -0.4 is 15.8 Å². The summed E-state index contributed by atoms with van der Waals surface area (Å²) >= 11 is 3.32. The molecule has 3 N–H and O–H groups in total. The molecule has 1 aromatic rings. The molecule has 1 amide bonds. The van der Waals surface area contributed by atoms with Crippen LogP contribution in [0.15, 0.2) is 22.7 Å². The van der Waals surface area contributed by atoms with E-state index >= 15 is 0 Å². The number of alkyl carbamates (subject to hydrolysis) is 1. The minimum absolute atomic E-state index is 0.324. The molecule has 0 unspecified atom stereocenters. The number of nitrogen functional groups attached to an aromatic ring is 1. The van der Waals surface area contributed by atoms with Crippen molar-refractivity contribution in [3.8, 4) is 5.75 Å². The van der Waals surface area contributed by atoms with Gasteiger partial charge in [0.15, 0.2) is 0 Å². The van der Waals surface area contributed by atoms with Crippen molar-refractivity contribution in [1.29, 1.82) is 0 Å². The van der Waals surface area contributed by atoms with Gasteiger partial charge in [-0.15, -0.1) is 0 Å². The fraction of sp³-hybridized carbons (Fsp3) is 0.462. The maximum Gasteiger partial charge on any atom is 0.407 e. The standard InChI is InChI=1S/C13H19BrN2O3/c1-13(2,3)19-12(17)16-6-7-18-11-5-4-9(14)8-10(11)15/h4-5,8H,6-7,15H2,1-3H3,(H,16,17). The summed E-state index contributed by atoms with van der Waals surface area (Å²) in [4.78, 5) is 11.4. The molecule has 0 saturated heterocycles. The van der Waals surface area contributed by atoms with Gasteiger partial charge in [-0.05, 0) is 39.0 Å². The maximum atomic E-state index is 11.4. The summed E-state index contributed by atoms with van der Waals surface area (Å²) in [6.45, 7) is 6.11. The Hall–Kier alpha value is -1.43. The van der Waals surface area contributed by atoms with Crippen LogP contribution in [0.2, 0.25) is 0 Å². The molecule has 5 nitrogen and oxygen atoms in total. The molecule has 19 heavy (non-hydrogen) atoms. The third kappa shape index (κ3) is 6.33. The van der Waals surface area contributed by atoms with E-state index in [4.69, 9.17) is 15.2 Å². The Labute approximate surface area is 121 Å². The number of nitrogens with two attached hydrogens (primary N) is 1. The summed E-state index contributed by atoms with van der Waals surface area (Å²) in [5, 5.41) is 2.60. The summed E-state index contributed by atoms with van der Waals surface area (Å²) in [7, 11) is 0. The lowest BCUT2D eigenvalue weighted by atomic mass is 10.2. The van der Waals surface area contributed by atoms with Gasteiger partial charge in [-0.25, -0.2) is 4.79 Å². The maximum absolute atomic E-state index is 11.4. The van der Waals surface area contributed by atoms with Crippen LogP contribution in [-0.2, 0) is 4.74 Å². The number of amides is 1. The van der Waals surface area contributed by atoms with Gasteiger partial charge in [-0.1, -0.05) is 15.9 Å². The number of halogens is 1. The van der Waals surface area contributed by atoms with Crippen LogP contribution in [-0.4, -0.2) is 24.8 Å². The molecule has 0 radical (unpaired) electrons. The zero-order valence-electron chi connectivity index (χ0n) is 11.3. The third-order valence-corrected chi connectivity index (χ3v) is 2.49. The third-order valence-electron chi connectivity index (χ3n) is 2.00. The highest BCUT2D eigenvalue weighted by molar-refractivity contribution is 9.10. The van der Waals surface area contributed by atoms with Gasteiger partial charge in [0, 0.05) is 4.47 Å². The average Bonchev–Trinajstić information content (AvgIpc) is 2.24. The monoisotopic (exact) mass is 330 g/mol. The van der Waals surface area contributed by atoms with Crippen molar-refractivity contribution in [3.63, 3.8) is 0 Å². The first kappa shape index (κ1) is 15.6. The summed E-state index contributed by atoms with van der Waals surface area (Å²) in [6, 6.07) is 5.37. The number of carbonyl (C=O) groups is 1. The predicted molar refractivity (Wildman–Crippen MR) is 78.3 cm³/mol. The lowest BCUT2D eigenvalue weighted by molar-refractivity contribution is 0.0520. The lowest BCUT2D eigenvalue weighted by Crippen LogP contribution is -2.34. The highest BCUT2D eigenvalue weighted by Gasteiger charge is 2.15. The number of nitrogens with one attached hydrogen (secondary N) is 1. The molecule has 106 valence electrons. The number of benzene rings is 1. The number of rotatable bonds is 4. The second-order valence-corrected chi connectivity index (χ2v) is 5.87. The van der Waals surface area contributed by atoms with E-state index in [9.17, 15) is 4.79 Å². The van der Waals surface area contributed by atoms with Crippen LogP contribution in [0.5, 0.6) is 5.75 Å². The molecular weight excluding hydrogens is 312 g/mol. The minimum atomic E-state index is -0.499. The molecule has 0 aliphatic carbocycles. The fourth-order valence-electron chi connectivity index (χ4n) is 1.28. The van der Waals surface area contributed by atoms with E-state index in [0.717, 1.165) is 4.47 Å². The van der Waals surface area contributed by atoms with Crippen LogP contribution in [0, 0.1) is 0 Å². The summed E-state index contributed by atoms with van der Waals surface area (Å²) in [5.74, 6) is 0.592. The van der Waals surface area contributed by atoms with Crippen molar-refractivity contribution < 1.29 is 14.3 Å². The van der Waals surface area contributed by atoms with Crippen molar-refractivity contribution >= 4 is 27.7 Å². The molecule has 6 heteroatoms. The summed E-state index contributed by atoms with van der Waals surface area (Å²) < 4.78 is 11.4. The van der Waals surface area contributed by atoms with Gasteiger partial charge in [-0.2, -0.15) is 0 Å². The molecule has 0 aliphatic rings. The summed E-state index contributed by atoms with van der Waals surface area (Å²) in [5.41, 5.74) is 5.83. The van der Waals surface area contributed by atoms with Gasteiger partial charge in [0.1, 0.15) is 18.0 Å². The van der Waals surface area contributed by atoms with Gasteiger partial charge in [0.25, 0.3) is 0 Å². The molecule has 0 aliphatic heterocycles. The zero-order chi connectivity index (χ0) is 14.5. The van der Waals surface area contributed by atoms with Gasteiger partial charge in [0.05, 0.1) is 12.2 Å². The first-order valence-corrected chi connectivity index (χ1v) is 6.72. The SMILES string of the molecule is CC(C)(C)OC(=O)NCCOc1ccc(Br)cc1N. The van der Waals surface area contributed by atoms with E-state index in [1.807, 2.05) is 26.8 Å². The Morgan fingerprint density at radius 3 is 2.68 bits per heavy atom. The van der Waals surface area contributed by atoms with Crippen LogP contribution in [0.1, 0.15) is 20.8 Å². The van der Waals surface area contributed by atoms with E-state index in [0.29, 0.717) is 24.6 Å². The molecule has 0 bridgehead atoms. The van der Waals surface area contributed by atoms with E-state index in [1.165, 1.54) is 0 Å². The Morgan fingerprint density at radius 2 is 2.11 bits per heavy atom. The smallest absolute Gasteiger partial charge is 0.407 e. The number of ether oxygens (including phenoxy) is 2. The van der Waals surface area contributed by atoms with Crippen molar-refractivity contribution in [3.05, 3.63) is 22.7 Å². The summed E-state index contributed by atoms with van der Waals surface area (Å²) in [6.07, 6.45) is -0.458. The van der Waals surface area contributed by atoms with E-state index in [-0.39, 0.29) is 0 Å². The van der Waals surface area contributed by atoms with Crippen LogP contribution in [0.4, 0.5) is 10.5 Å². The number of hydrogen-bond donors (Lipinski definition) is 2. The number of anilines is 1. The Balaban J connectivity index is 2.29. The lowest BCUT2D eigenvalue weighted by Gasteiger charge is -2.19. The van der Waals surface area contributed by atoms with E-state index in [2.05, 4.69) is 21.2 Å². The van der Waals surface area contributed by atoms with E-state index < -0.39 is 11.7 Å². The first-order chi connectivity index (χ1) is 8.78. The van der Waals surface area contributed by atoms with Gasteiger partial charge in [0.2, 0.25) is 0 Å². The first-order valence-electron chi connectivity index (χ1n) is 5.92. The quantitative estimate of drug-likeness (QED) is 0.657. The molecule has 0 atom stereocenters. The topological polar surface area (TPSA) is 73.6 Å². The van der Waals surface area contributed by atoms with Crippen molar-refractivity contribution in [1.82, 2.24) is 5.32 Å². The van der Waals surface area contributed by atoms with E-state index in [1.54, 1.807) is 12.1 Å². The molecule has 0 spiro atoms. The van der Waals surface area contributed by atoms with Crippen LogP contribution in [0.3, 0.4) is 0 Å². The molecule has 1 aromatic carbocycles. The predicted octanol–water partition coefficient (Wildman–Crippen LogP) is 2.93. The van der Waals surface area contributed by atoms with Crippen LogP contribution in [0.25, 0.3) is 0 Å². The minimum Gasteiger partial charge on any atom is -0.490 e. The van der Waals surface area contributed by atoms with Crippen molar-refractivity contribution in [2.45, 2.75) is 26.4 Å². The van der Waals surface area contributed by atoms with Crippen molar-refractivity contribution in [2.75, 3.05) is 18.9 Å².